The molecule has 14 heavy (non-hydrogen) atoms. The van der Waals surface area contributed by atoms with Crippen LogP contribution in [0.25, 0.3) is 0 Å². The van der Waals surface area contributed by atoms with Gasteiger partial charge in [0, 0.05) is 6.04 Å². The van der Waals surface area contributed by atoms with Crippen molar-refractivity contribution in [3.63, 3.8) is 0 Å². The molecule has 0 aromatic heterocycles. The van der Waals surface area contributed by atoms with Crippen molar-refractivity contribution in [1.29, 1.82) is 0 Å². The highest BCUT2D eigenvalue weighted by Gasteiger charge is 2.45. The minimum Gasteiger partial charge on any atom is -0.481 e. The summed E-state index contributed by atoms with van der Waals surface area (Å²) in [7, 11) is 0. The van der Waals surface area contributed by atoms with Crippen LogP contribution in [-0.2, 0) is 9.59 Å². The molecule has 1 saturated heterocycles. The van der Waals surface area contributed by atoms with Crippen LogP contribution in [-0.4, -0.2) is 39.1 Å². The van der Waals surface area contributed by atoms with Crippen molar-refractivity contribution in [1.82, 2.24) is 4.90 Å². The van der Waals surface area contributed by atoms with E-state index in [4.69, 9.17) is 10.2 Å². The van der Waals surface area contributed by atoms with Gasteiger partial charge >= 0.3 is 12.1 Å². The second-order valence-corrected chi connectivity index (χ2v) is 3.18. The molecule has 6 heteroatoms. The van der Waals surface area contributed by atoms with Crippen LogP contribution in [0.3, 0.4) is 0 Å². The lowest BCUT2D eigenvalue weighted by atomic mass is 10.0. The van der Waals surface area contributed by atoms with Gasteiger partial charge in [-0.25, -0.2) is 9.69 Å². The molecule has 0 radical (unpaired) electrons. The van der Waals surface area contributed by atoms with Gasteiger partial charge in [0.15, 0.2) is 0 Å². The number of rotatable bonds is 2. The van der Waals surface area contributed by atoms with Crippen molar-refractivity contribution >= 4 is 18.0 Å². The first-order chi connectivity index (χ1) is 6.49. The molecule has 0 aliphatic carbocycles. The molecular formula is C8H11NO5. The van der Waals surface area contributed by atoms with Crippen molar-refractivity contribution in [2.75, 3.05) is 0 Å². The van der Waals surface area contributed by atoms with Gasteiger partial charge in [0.25, 0.3) is 0 Å². The fraction of sp³-hybridized carbons (Fsp3) is 0.625. The summed E-state index contributed by atoms with van der Waals surface area (Å²) in [6.45, 7) is 1.72. The van der Waals surface area contributed by atoms with E-state index in [0.29, 0.717) is 11.3 Å². The fourth-order valence-corrected chi connectivity index (χ4v) is 1.63. The number of hydrogen-bond acceptors (Lipinski definition) is 3. The SMILES string of the molecule is CC[C@@H]1CC(C(=O)O)C(=O)N1C(=O)O. The number of carboxylic acid groups (broad SMARTS) is 2. The Labute approximate surface area is 80.1 Å². The Kier molecular flexibility index (Phi) is 2.73. The first-order valence-corrected chi connectivity index (χ1v) is 4.27. The third-order valence-electron chi connectivity index (χ3n) is 2.38. The Hall–Kier alpha value is -1.59. The predicted octanol–water partition coefficient (Wildman–Crippen LogP) is 0.376. The molecule has 0 spiro atoms. The summed E-state index contributed by atoms with van der Waals surface area (Å²) in [6, 6.07) is -0.499. The minimum atomic E-state index is -1.37. The molecule has 0 bridgehead atoms. The average Bonchev–Trinajstić information content (AvgIpc) is 2.42. The first kappa shape index (κ1) is 10.5. The van der Waals surface area contributed by atoms with Crippen LogP contribution in [0.1, 0.15) is 19.8 Å². The summed E-state index contributed by atoms with van der Waals surface area (Å²) >= 11 is 0. The van der Waals surface area contributed by atoms with Crippen LogP contribution in [0.5, 0.6) is 0 Å². The number of nitrogens with zero attached hydrogens (tertiary/aromatic N) is 1. The van der Waals surface area contributed by atoms with Gasteiger partial charge in [-0.05, 0) is 12.8 Å². The van der Waals surface area contributed by atoms with Gasteiger partial charge in [-0.3, -0.25) is 9.59 Å². The van der Waals surface area contributed by atoms with Crippen LogP contribution in [0.2, 0.25) is 0 Å². The summed E-state index contributed by atoms with van der Waals surface area (Å²) in [4.78, 5) is 33.2. The van der Waals surface area contributed by atoms with E-state index in [2.05, 4.69) is 0 Å². The van der Waals surface area contributed by atoms with Crippen molar-refractivity contribution in [2.45, 2.75) is 25.8 Å². The number of amides is 2. The van der Waals surface area contributed by atoms with Gasteiger partial charge < -0.3 is 10.2 Å². The van der Waals surface area contributed by atoms with E-state index in [1.165, 1.54) is 0 Å². The molecule has 1 aliphatic heterocycles. The number of likely N-dealkylation sites (tertiary alicyclic amines) is 1. The topological polar surface area (TPSA) is 94.9 Å². The highest BCUT2D eigenvalue weighted by molar-refractivity contribution is 6.04. The summed E-state index contributed by atoms with van der Waals surface area (Å²) < 4.78 is 0. The molecule has 0 aromatic rings. The van der Waals surface area contributed by atoms with Crippen LogP contribution < -0.4 is 0 Å². The second-order valence-electron chi connectivity index (χ2n) is 3.18. The van der Waals surface area contributed by atoms with E-state index in [1.807, 2.05) is 0 Å². The molecular weight excluding hydrogens is 190 g/mol. The monoisotopic (exact) mass is 201 g/mol. The largest absolute Gasteiger partial charge is 0.481 e. The van der Waals surface area contributed by atoms with Gasteiger partial charge in [-0.1, -0.05) is 6.92 Å². The Morgan fingerprint density at radius 1 is 1.50 bits per heavy atom. The highest BCUT2D eigenvalue weighted by atomic mass is 16.4. The summed E-state index contributed by atoms with van der Waals surface area (Å²) in [6.07, 6.45) is -0.843. The molecule has 6 nitrogen and oxygen atoms in total. The van der Waals surface area contributed by atoms with Gasteiger partial charge in [-0.15, -0.1) is 0 Å². The van der Waals surface area contributed by atoms with Gasteiger partial charge in [0.05, 0.1) is 0 Å². The highest BCUT2D eigenvalue weighted by Crippen LogP contribution is 2.26. The molecule has 78 valence electrons. The summed E-state index contributed by atoms with van der Waals surface area (Å²) in [5.74, 6) is -3.27. The summed E-state index contributed by atoms with van der Waals surface area (Å²) in [5, 5.41) is 17.4. The number of hydrogen-bond donors (Lipinski definition) is 2. The smallest absolute Gasteiger partial charge is 0.414 e. The van der Waals surface area contributed by atoms with E-state index in [9.17, 15) is 14.4 Å². The molecule has 1 unspecified atom stereocenters. The number of imide groups is 1. The van der Waals surface area contributed by atoms with Gasteiger partial charge in [0.2, 0.25) is 5.91 Å². The van der Waals surface area contributed by atoms with Crippen LogP contribution in [0, 0.1) is 5.92 Å². The predicted molar refractivity (Wildman–Crippen MR) is 44.7 cm³/mol. The first-order valence-electron chi connectivity index (χ1n) is 4.27. The third-order valence-corrected chi connectivity index (χ3v) is 2.38. The van der Waals surface area contributed by atoms with Crippen LogP contribution >= 0.6 is 0 Å². The Morgan fingerprint density at radius 3 is 2.36 bits per heavy atom. The van der Waals surface area contributed by atoms with Gasteiger partial charge in [0.1, 0.15) is 5.92 Å². The third kappa shape index (κ3) is 1.55. The van der Waals surface area contributed by atoms with E-state index in [-0.39, 0.29) is 6.42 Å². The molecule has 2 N–H and O–H groups in total. The molecule has 2 atom stereocenters. The van der Waals surface area contributed by atoms with E-state index < -0.39 is 29.9 Å². The molecule has 1 rings (SSSR count). The quantitative estimate of drug-likeness (QED) is 0.629. The second kappa shape index (κ2) is 3.65. The zero-order valence-corrected chi connectivity index (χ0v) is 7.64. The van der Waals surface area contributed by atoms with Gasteiger partial charge in [-0.2, -0.15) is 0 Å². The van der Waals surface area contributed by atoms with Crippen molar-refractivity contribution in [3.8, 4) is 0 Å². The lowest BCUT2D eigenvalue weighted by Crippen LogP contribution is -2.38. The zero-order valence-electron chi connectivity index (χ0n) is 7.64. The molecule has 2 amide bonds. The van der Waals surface area contributed by atoms with Crippen molar-refractivity contribution in [2.24, 2.45) is 5.92 Å². The van der Waals surface area contributed by atoms with E-state index >= 15 is 0 Å². The molecule has 1 fully saturated rings. The molecule has 0 aromatic carbocycles. The number of carbonyl (C=O) groups excluding carboxylic acids is 1. The zero-order chi connectivity index (χ0) is 10.9. The van der Waals surface area contributed by atoms with Crippen LogP contribution in [0.4, 0.5) is 4.79 Å². The minimum absolute atomic E-state index is 0.0803. The number of aliphatic carboxylic acids is 1. The Bertz CT molecular complexity index is 287. The van der Waals surface area contributed by atoms with E-state index in [1.54, 1.807) is 6.92 Å². The van der Waals surface area contributed by atoms with Crippen LogP contribution in [0.15, 0.2) is 0 Å². The lowest BCUT2D eigenvalue weighted by molar-refractivity contribution is -0.146. The lowest BCUT2D eigenvalue weighted by Gasteiger charge is -2.17. The standard InChI is InChI=1S/C8H11NO5/c1-2-4-3-5(7(11)12)6(10)9(4)8(13)14/h4-5H,2-3H2,1H3,(H,11,12)(H,13,14)/t4-,5?/m1/s1. The number of carboxylic acids is 1. The fourth-order valence-electron chi connectivity index (χ4n) is 1.63. The maximum atomic E-state index is 11.3. The van der Waals surface area contributed by atoms with Crippen molar-refractivity contribution in [3.05, 3.63) is 0 Å². The maximum absolute atomic E-state index is 11.3. The molecule has 0 saturated carbocycles. The Morgan fingerprint density at radius 2 is 2.07 bits per heavy atom. The number of carbonyl (C=O) groups is 3. The normalized spacial score (nSPS) is 26.6. The molecule has 1 heterocycles. The van der Waals surface area contributed by atoms with E-state index in [0.717, 1.165) is 0 Å². The average molecular weight is 201 g/mol. The molecule has 1 aliphatic rings. The Balaban J connectivity index is 2.90. The summed E-state index contributed by atoms with van der Waals surface area (Å²) in [5.41, 5.74) is 0. The van der Waals surface area contributed by atoms with Crippen molar-refractivity contribution < 1.29 is 24.6 Å². The maximum Gasteiger partial charge on any atom is 0.414 e.